The summed E-state index contributed by atoms with van der Waals surface area (Å²) in [4.78, 5) is 32.6. The molecule has 0 aliphatic rings. The molecule has 1 aromatic heterocycles. The van der Waals surface area contributed by atoms with Crippen molar-refractivity contribution in [3.63, 3.8) is 0 Å². The summed E-state index contributed by atoms with van der Waals surface area (Å²) in [7, 11) is 0. The number of hydrogen-bond acceptors (Lipinski definition) is 7. The normalized spacial score (nSPS) is 11.5. The predicted molar refractivity (Wildman–Crippen MR) is 120 cm³/mol. The number of hydrogen-bond donors (Lipinski definition) is 0. The minimum atomic E-state index is -0.545. The Labute approximate surface area is 187 Å². The van der Waals surface area contributed by atoms with E-state index in [1.54, 1.807) is 68.0 Å². The molecule has 1 heterocycles. The fraction of sp³-hybridized carbons (Fsp3) is 0.280. The molecule has 0 saturated heterocycles. The first kappa shape index (κ1) is 22.9. The number of carbonyl (C=O) groups is 2. The molecule has 0 N–H and O–H groups in total. The Morgan fingerprint density at radius 3 is 2.38 bits per heavy atom. The topological polar surface area (TPSA) is 87.6 Å². The highest BCUT2D eigenvalue weighted by Gasteiger charge is 2.16. The van der Waals surface area contributed by atoms with E-state index >= 15 is 0 Å². The molecule has 0 saturated carbocycles. The van der Waals surface area contributed by atoms with Crippen LogP contribution in [0.4, 0.5) is 0 Å². The summed E-state index contributed by atoms with van der Waals surface area (Å²) in [5.41, 5.74) is 1.48. The quantitative estimate of drug-likeness (QED) is 0.342. The average molecular weight is 434 g/mol. The van der Waals surface area contributed by atoms with Crippen molar-refractivity contribution in [2.45, 2.75) is 33.6 Å². The highest BCUT2D eigenvalue weighted by molar-refractivity contribution is 5.92. The van der Waals surface area contributed by atoms with E-state index in [1.165, 1.54) is 0 Å². The van der Waals surface area contributed by atoms with E-state index < -0.39 is 5.97 Å². The zero-order chi connectivity index (χ0) is 22.9. The largest absolute Gasteiger partial charge is 0.493 e. The Balaban J connectivity index is 1.81. The van der Waals surface area contributed by atoms with Gasteiger partial charge < -0.3 is 14.2 Å². The lowest BCUT2D eigenvalue weighted by Gasteiger charge is -2.14. The molecule has 0 radical (unpaired) electrons. The van der Waals surface area contributed by atoms with Crippen molar-refractivity contribution in [2.75, 3.05) is 6.61 Å². The second-order valence-electron chi connectivity index (χ2n) is 7.31. The van der Waals surface area contributed by atoms with Crippen LogP contribution in [0, 0.1) is 5.92 Å². The van der Waals surface area contributed by atoms with Gasteiger partial charge in [-0.25, -0.2) is 4.79 Å². The number of nitrogens with zero attached hydrogens (tertiary/aromatic N) is 2. The molecule has 3 aromatic rings. The van der Waals surface area contributed by atoms with Crippen molar-refractivity contribution in [2.24, 2.45) is 5.92 Å². The maximum Gasteiger partial charge on any atom is 0.343 e. The third kappa shape index (κ3) is 6.14. The minimum absolute atomic E-state index is 0.270. The van der Waals surface area contributed by atoms with Gasteiger partial charge in [0.25, 0.3) is 0 Å². The molecule has 32 heavy (non-hydrogen) atoms. The lowest BCUT2D eigenvalue weighted by atomic mass is 10.1. The smallest absolute Gasteiger partial charge is 0.343 e. The molecular weight excluding hydrogens is 408 g/mol. The molecule has 0 amide bonds. The van der Waals surface area contributed by atoms with Crippen LogP contribution in [0.5, 0.6) is 17.2 Å². The van der Waals surface area contributed by atoms with Gasteiger partial charge in [-0.3, -0.25) is 14.8 Å². The first-order chi connectivity index (χ1) is 15.5. The number of esters is 2. The van der Waals surface area contributed by atoms with Gasteiger partial charge in [-0.2, -0.15) is 0 Å². The van der Waals surface area contributed by atoms with E-state index in [4.69, 9.17) is 14.2 Å². The van der Waals surface area contributed by atoms with Crippen LogP contribution in [-0.4, -0.2) is 28.5 Å². The summed E-state index contributed by atoms with van der Waals surface area (Å²) in [5, 5.41) is 0. The molecule has 0 aliphatic carbocycles. The molecule has 7 nitrogen and oxygen atoms in total. The van der Waals surface area contributed by atoms with Crippen LogP contribution >= 0.6 is 0 Å². The van der Waals surface area contributed by atoms with Crippen molar-refractivity contribution in [3.05, 3.63) is 66.6 Å². The third-order valence-corrected chi connectivity index (χ3v) is 4.83. The van der Waals surface area contributed by atoms with Crippen LogP contribution in [0.15, 0.2) is 61.1 Å². The van der Waals surface area contributed by atoms with E-state index in [0.29, 0.717) is 46.6 Å². The lowest BCUT2D eigenvalue weighted by Crippen LogP contribution is -2.11. The van der Waals surface area contributed by atoms with E-state index in [2.05, 4.69) is 23.8 Å². The van der Waals surface area contributed by atoms with Crippen LogP contribution < -0.4 is 14.2 Å². The van der Waals surface area contributed by atoms with Crippen molar-refractivity contribution in [1.29, 1.82) is 0 Å². The zero-order valence-electron chi connectivity index (χ0n) is 18.4. The second kappa shape index (κ2) is 11.0. The molecule has 0 bridgehead atoms. The first-order valence-corrected chi connectivity index (χ1v) is 10.6. The number of benzene rings is 2. The van der Waals surface area contributed by atoms with Gasteiger partial charge in [0.15, 0.2) is 0 Å². The van der Waals surface area contributed by atoms with E-state index in [1.807, 2.05) is 0 Å². The number of rotatable bonds is 9. The van der Waals surface area contributed by atoms with Gasteiger partial charge in [0.05, 0.1) is 24.1 Å². The minimum Gasteiger partial charge on any atom is -0.493 e. The molecule has 3 rings (SSSR count). The molecule has 7 heteroatoms. The Morgan fingerprint density at radius 1 is 0.969 bits per heavy atom. The van der Waals surface area contributed by atoms with Gasteiger partial charge in [0.2, 0.25) is 0 Å². The van der Waals surface area contributed by atoms with Crippen LogP contribution in [0.3, 0.4) is 0 Å². The second-order valence-corrected chi connectivity index (χ2v) is 7.31. The number of ether oxygens (including phenoxy) is 3. The summed E-state index contributed by atoms with van der Waals surface area (Å²) < 4.78 is 16.7. The molecule has 0 spiro atoms. The first-order valence-electron chi connectivity index (χ1n) is 10.6. The van der Waals surface area contributed by atoms with Crippen molar-refractivity contribution < 1.29 is 23.8 Å². The number of carbonyl (C=O) groups excluding carboxylic acids is 2. The molecule has 0 fully saturated rings. The maximum atomic E-state index is 12.7. The van der Waals surface area contributed by atoms with Crippen LogP contribution in [0.25, 0.3) is 11.3 Å². The van der Waals surface area contributed by atoms with Gasteiger partial charge in [-0.1, -0.05) is 27.2 Å². The SMILES string of the molecule is CCC(=O)Oc1ccc(C(=O)Oc2ccc(OCC(C)CC)cc2-c2cnccn2)cc1. The van der Waals surface area contributed by atoms with E-state index in [0.717, 1.165) is 6.42 Å². The Bertz CT molecular complexity index is 1050. The highest BCUT2D eigenvalue weighted by Crippen LogP contribution is 2.33. The maximum absolute atomic E-state index is 12.7. The monoisotopic (exact) mass is 434 g/mol. The van der Waals surface area contributed by atoms with Crippen LogP contribution in [-0.2, 0) is 4.79 Å². The third-order valence-electron chi connectivity index (χ3n) is 4.83. The average Bonchev–Trinajstić information content (AvgIpc) is 2.83. The molecule has 1 atom stereocenters. The summed E-state index contributed by atoms with van der Waals surface area (Å²) in [6.07, 6.45) is 6.03. The lowest BCUT2D eigenvalue weighted by molar-refractivity contribution is -0.134. The Kier molecular flexibility index (Phi) is 7.91. The van der Waals surface area contributed by atoms with Crippen molar-refractivity contribution >= 4 is 11.9 Å². The zero-order valence-corrected chi connectivity index (χ0v) is 18.4. The summed E-state index contributed by atoms with van der Waals surface area (Å²) in [5.74, 6) is 0.908. The van der Waals surface area contributed by atoms with Gasteiger partial charge >= 0.3 is 11.9 Å². The van der Waals surface area contributed by atoms with E-state index in [-0.39, 0.29) is 12.4 Å². The van der Waals surface area contributed by atoms with Crippen molar-refractivity contribution in [1.82, 2.24) is 9.97 Å². The Morgan fingerprint density at radius 2 is 1.72 bits per heavy atom. The highest BCUT2D eigenvalue weighted by atomic mass is 16.5. The molecule has 0 aliphatic heterocycles. The number of aromatic nitrogens is 2. The van der Waals surface area contributed by atoms with Crippen LogP contribution in [0.1, 0.15) is 44.0 Å². The molecule has 166 valence electrons. The fourth-order valence-electron chi connectivity index (χ4n) is 2.70. The summed E-state index contributed by atoms with van der Waals surface area (Å²) in [6.45, 7) is 6.53. The van der Waals surface area contributed by atoms with Gasteiger partial charge in [-0.05, 0) is 48.4 Å². The van der Waals surface area contributed by atoms with Gasteiger partial charge in [0.1, 0.15) is 17.2 Å². The van der Waals surface area contributed by atoms with E-state index in [9.17, 15) is 9.59 Å². The van der Waals surface area contributed by atoms with Crippen molar-refractivity contribution in [3.8, 4) is 28.5 Å². The predicted octanol–water partition coefficient (Wildman–Crippen LogP) is 5.10. The molecule has 1 unspecified atom stereocenters. The standard InChI is InChI=1S/C25H26N2O5/c1-4-17(3)16-30-20-10-11-23(21(14-20)22-15-26-12-13-27-22)32-25(29)18-6-8-19(9-7-18)31-24(28)5-2/h6-15,17H,4-5,16H2,1-3H3. The van der Waals surface area contributed by atoms with Crippen LogP contribution in [0.2, 0.25) is 0 Å². The fourth-order valence-corrected chi connectivity index (χ4v) is 2.70. The summed E-state index contributed by atoms with van der Waals surface area (Å²) in [6, 6.07) is 11.4. The summed E-state index contributed by atoms with van der Waals surface area (Å²) >= 11 is 0. The molecule has 2 aromatic carbocycles. The Hall–Kier alpha value is -3.74. The molecular formula is C25H26N2O5. The van der Waals surface area contributed by atoms with Gasteiger partial charge in [0, 0.05) is 24.4 Å². The van der Waals surface area contributed by atoms with Gasteiger partial charge in [-0.15, -0.1) is 0 Å².